The first-order valence-corrected chi connectivity index (χ1v) is 7.33. The van der Waals surface area contributed by atoms with Gasteiger partial charge in [-0.25, -0.2) is 4.39 Å². The normalized spacial score (nSPS) is 27.1. The number of benzene rings is 1. The summed E-state index contributed by atoms with van der Waals surface area (Å²) in [4.78, 5) is 0.798. The van der Waals surface area contributed by atoms with Gasteiger partial charge in [0.2, 0.25) is 0 Å². The Bertz CT molecular complexity index is 435. The van der Waals surface area contributed by atoms with Gasteiger partial charge in [-0.3, -0.25) is 4.21 Å². The molecule has 0 radical (unpaired) electrons. The fourth-order valence-corrected chi connectivity index (χ4v) is 4.10. The molecule has 2 nitrogen and oxygen atoms in total. The standard InChI is InChI=1S/C13H18FNOS/c1-3-7-15-13-10-8-9(14)5-6-12(10)17(16)11(13)4-2/h5-6,8,11,13,15H,3-4,7H2,1-2H3. The van der Waals surface area contributed by atoms with Crippen LogP contribution >= 0.6 is 0 Å². The fraction of sp³-hybridized carbons (Fsp3) is 0.538. The van der Waals surface area contributed by atoms with Crippen molar-refractivity contribution in [1.29, 1.82) is 0 Å². The summed E-state index contributed by atoms with van der Waals surface area (Å²) in [5.41, 5.74) is 0.878. The molecule has 1 aliphatic rings. The number of nitrogens with one attached hydrogen (secondary N) is 1. The quantitative estimate of drug-likeness (QED) is 0.896. The van der Waals surface area contributed by atoms with E-state index in [4.69, 9.17) is 0 Å². The van der Waals surface area contributed by atoms with Gasteiger partial charge in [0.05, 0.1) is 16.0 Å². The summed E-state index contributed by atoms with van der Waals surface area (Å²) in [7, 11) is -1.01. The first kappa shape index (κ1) is 12.7. The number of hydrogen-bond acceptors (Lipinski definition) is 2. The highest BCUT2D eigenvalue weighted by molar-refractivity contribution is 7.86. The van der Waals surface area contributed by atoms with E-state index in [1.807, 2.05) is 6.92 Å². The van der Waals surface area contributed by atoms with E-state index in [0.29, 0.717) is 0 Å². The van der Waals surface area contributed by atoms with Crippen LogP contribution in [0.2, 0.25) is 0 Å². The van der Waals surface area contributed by atoms with Gasteiger partial charge in [0.25, 0.3) is 0 Å². The molecule has 94 valence electrons. The zero-order valence-electron chi connectivity index (χ0n) is 10.2. The highest BCUT2D eigenvalue weighted by Crippen LogP contribution is 2.38. The van der Waals surface area contributed by atoms with E-state index in [1.165, 1.54) is 12.1 Å². The molecule has 4 heteroatoms. The van der Waals surface area contributed by atoms with Crippen LogP contribution in [-0.2, 0) is 10.8 Å². The molecule has 1 aromatic rings. The maximum atomic E-state index is 13.3. The van der Waals surface area contributed by atoms with E-state index >= 15 is 0 Å². The first-order chi connectivity index (χ1) is 8.19. The van der Waals surface area contributed by atoms with Crippen molar-refractivity contribution in [2.45, 2.75) is 42.9 Å². The fourth-order valence-electron chi connectivity index (χ4n) is 2.36. The Morgan fingerprint density at radius 3 is 2.82 bits per heavy atom. The molecule has 1 aromatic carbocycles. The summed E-state index contributed by atoms with van der Waals surface area (Å²) in [6.07, 6.45) is 1.86. The van der Waals surface area contributed by atoms with Gasteiger partial charge in [-0.05, 0) is 43.1 Å². The van der Waals surface area contributed by atoms with E-state index in [-0.39, 0.29) is 17.1 Å². The zero-order valence-corrected chi connectivity index (χ0v) is 11.0. The van der Waals surface area contributed by atoms with Gasteiger partial charge in [0, 0.05) is 10.9 Å². The topological polar surface area (TPSA) is 29.1 Å². The van der Waals surface area contributed by atoms with E-state index in [1.54, 1.807) is 6.07 Å². The van der Waals surface area contributed by atoms with Crippen molar-refractivity contribution in [3.63, 3.8) is 0 Å². The van der Waals surface area contributed by atoms with Crippen LogP contribution in [-0.4, -0.2) is 16.0 Å². The van der Waals surface area contributed by atoms with Crippen molar-refractivity contribution >= 4 is 10.8 Å². The summed E-state index contributed by atoms with van der Waals surface area (Å²) >= 11 is 0. The summed E-state index contributed by atoms with van der Waals surface area (Å²) in [6, 6.07) is 4.62. The average molecular weight is 255 g/mol. The molecule has 17 heavy (non-hydrogen) atoms. The average Bonchev–Trinajstić information content (AvgIpc) is 2.58. The van der Waals surface area contributed by atoms with Gasteiger partial charge in [0.1, 0.15) is 5.82 Å². The SMILES string of the molecule is CCCNC1c2cc(F)ccc2S(=O)C1CC. The number of halogens is 1. The maximum Gasteiger partial charge on any atom is 0.123 e. The van der Waals surface area contributed by atoms with Crippen LogP contribution in [0.3, 0.4) is 0 Å². The molecule has 1 aliphatic heterocycles. The van der Waals surface area contributed by atoms with Crippen molar-refractivity contribution in [1.82, 2.24) is 5.32 Å². The van der Waals surface area contributed by atoms with Gasteiger partial charge in [-0.2, -0.15) is 0 Å². The predicted octanol–water partition coefficient (Wildman–Crippen LogP) is 2.77. The lowest BCUT2D eigenvalue weighted by Gasteiger charge is -2.19. The third-order valence-electron chi connectivity index (χ3n) is 3.19. The summed E-state index contributed by atoms with van der Waals surface area (Å²) < 4.78 is 25.6. The second kappa shape index (κ2) is 5.27. The second-order valence-electron chi connectivity index (χ2n) is 4.36. The maximum absolute atomic E-state index is 13.3. The summed E-state index contributed by atoms with van der Waals surface area (Å²) in [5, 5.41) is 3.45. The Hall–Kier alpha value is -0.740. The molecular formula is C13H18FNOS. The zero-order chi connectivity index (χ0) is 12.4. The second-order valence-corrected chi connectivity index (χ2v) is 6.00. The molecule has 0 bridgehead atoms. The van der Waals surface area contributed by atoms with Gasteiger partial charge in [-0.1, -0.05) is 13.8 Å². The van der Waals surface area contributed by atoms with Crippen molar-refractivity contribution in [2.75, 3.05) is 6.54 Å². The van der Waals surface area contributed by atoms with Crippen LogP contribution in [0.4, 0.5) is 4.39 Å². The van der Waals surface area contributed by atoms with E-state index in [2.05, 4.69) is 12.2 Å². The van der Waals surface area contributed by atoms with E-state index < -0.39 is 10.8 Å². The molecule has 1 heterocycles. The minimum atomic E-state index is -1.01. The number of rotatable bonds is 4. The highest BCUT2D eigenvalue weighted by atomic mass is 32.2. The molecule has 3 unspecified atom stereocenters. The Morgan fingerprint density at radius 1 is 1.41 bits per heavy atom. The predicted molar refractivity (Wildman–Crippen MR) is 67.9 cm³/mol. The Labute approximate surface area is 104 Å². The van der Waals surface area contributed by atoms with Gasteiger partial charge in [0.15, 0.2) is 0 Å². The Balaban J connectivity index is 2.36. The largest absolute Gasteiger partial charge is 0.309 e. The first-order valence-electron chi connectivity index (χ1n) is 6.12. The van der Waals surface area contributed by atoms with Crippen LogP contribution < -0.4 is 5.32 Å². The monoisotopic (exact) mass is 255 g/mol. The molecule has 0 aromatic heterocycles. The number of fused-ring (bicyclic) bond motifs is 1. The van der Waals surface area contributed by atoms with Crippen LogP contribution in [0.15, 0.2) is 23.1 Å². The molecule has 0 fully saturated rings. The highest BCUT2D eigenvalue weighted by Gasteiger charge is 2.37. The smallest absolute Gasteiger partial charge is 0.123 e. The molecule has 0 amide bonds. The van der Waals surface area contributed by atoms with Crippen LogP contribution in [0.1, 0.15) is 38.3 Å². The lowest BCUT2D eigenvalue weighted by Crippen LogP contribution is -2.30. The molecular weight excluding hydrogens is 237 g/mol. The molecule has 0 saturated carbocycles. The lowest BCUT2D eigenvalue weighted by atomic mass is 10.0. The van der Waals surface area contributed by atoms with Crippen molar-refractivity contribution in [3.05, 3.63) is 29.6 Å². The molecule has 3 atom stereocenters. The van der Waals surface area contributed by atoms with Crippen LogP contribution in [0.5, 0.6) is 0 Å². The Kier molecular flexibility index (Phi) is 3.94. The third-order valence-corrected chi connectivity index (χ3v) is 5.15. The molecule has 0 saturated heterocycles. The molecule has 2 rings (SSSR count). The summed E-state index contributed by atoms with van der Waals surface area (Å²) in [6.45, 7) is 4.99. The lowest BCUT2D eigenvalue weighted by molar-refractivity contribution is 0.501. The van der Waals surface area contributed by atoms with E-state index in [0.717, 1.165) is 29.8 Å². The number of hydrogen-bond donors (Lipinski definition) is 1. The van der Waals surface area contributed by atoms with Crippen molar-refractivity contribution in [2.24, 2.45) is 0 Å². The summed E-state index contributed by atoms with van der Waals surface area (Å²) in [5.74, 6) is -0.249. The van der Waals surface area contributed by atoms with Crippen molar-refractivity contribution in [3.8, 4) is 0 Å². The Morgan fingerprint density at radius 2 is 2.18 bits per heavy atom. The van der Waals surface area contributed by atoms with Gasteiger partial charge >= 0.3 is 0 Å². The molecule has 1 N–H and O–H groups in total. The molecule has 0 spiro atoms. The third kappa shape index (κ3) is 2.29. The van der Waals surface area contributed by atoms with Gasteiger partial charge in [-0.15, -0.1) is 0 Å². The van der Waals surface area contributed by atoms with Gasteiger partial charge < -0.3 is 5.32 Å². The van der Waals surface area contributed by atoms with Crippen molar-refractivity contribution < 1.29 is 8.60 Å². The van der Waals surface area contributed by atoms with E-state index in [9.17, 15) is 8.60 Å². The molecule has 0 aliphatic carbocycles. The minimum Gasteiger partial charge on any atom is -0.309 e. The minimum absolute atomic E-state index is 0.0338. The van der Waals surface area contributed by atoms with Crippen LogP contribution in [0, 0.1) is 5.82 Å². The van der Waals surface area contributed by atoms with Crippen LogP contribution in [0.25, 0.3) is 0 Å².